The normalized spacial score (nSPS) is 16.4. The molecule has 0 fully saturated rings. The molecule has 0 spiro atoms. The van der Waals surface area contributed by atoms with E-state index in [1.807, 2.05) is 38.1 Å². The van der Waals surface area contributed by atoms with Crippen LogP contribution >= 0.6 is 0 Å². The Balaban J connectivity index is 3.21. The maximum atomic E-state index is 6.54. The van der Waals surface area contributed by atoms with E-state index in [4.69, 9.17) is 5.73 Å². The van der Waals surface area contributed by atoms with E-state index in [0.29, 0.717) is 0 Å². The van der Waals surface area contributed by atoms with Crippen molar-refractivity contribution in [3.05, 3.63) is 59.7 Å². The van der Waals surface area contributed by atoms with Gasteiger partial charge in [0, 0.05) is 0 Å². The van der Waals surface area contributed by atoms with E-state index in [1.54, 1.807) is 0 Å². The summed E-state index contributed by atoms with van der Waals surface area (Å²) in [7, 11) is 0. The first-order chi connectivity index (χ1) is 7.69. The average Bonchev–Trinajstić information content (AvgIpc) is 2.36. The van der Waals surface area contributed by atoms with Crippen LogP contribution in [0.5, 0.6) is 0 Å². The van der Waals surface area contributed by atoms with Crippen molar-refractivity contribution < 1.29 is 0 Å². The smallest absolute Gasteiger partial charge is 0.0659 e. The monoisotopic (exact) mass is 215 g/mol. The molecule has 0 saturated carbocycles. The summed E-state index contributed by atoms with van der Waals surface area (Å²) in [5, 5.41) is 0. The lowest BCUT2D eigenvalue weighted by Gasteiger charge is -2.30. The van der Waals surface area contributed by atoms with Crippen LogP contribution in [0, 0.1) is 0 Å². The maximum Gasteiger partial charge on any atom is 0.0659 e. The third-order valence-electron chi connectivity index (χ3n) is 3.02. The topological polar surface area (TPSA) is 26.0 Å². The Bertz CT molecular complexity index is 376. The number of benzene rings is 1. The fourth-order valence-corrected chi connectivity index (χ4v) is 1.99. The summed E-state index contributed by atoms with van der Waals surface area (Å²) in [6.45, 7) is 6.18. The third kappa shape index (κ3) is 2.42. The second-order valence-corrected chi connectivity index (χ2v) is 3.93. The second kappa shape index (κ2) is 5.66. The van der Waals surface area contributed by atoms with E-state index in [-0.39, 0.29) is 5.54 Å². The molecule has 16 heavy (non-hydrogen) atoms. The molecule has 0 saturated heterocycles. The highest BCUT2D eigenvalue weighted by molar-refractivity contribution is 5.39. The highest BCUT2D eigenvalue weighted by Gasteiger charge is 2.27. The Hall–Kier alpha value is -1.34. The first-order valence-corrected chi connectivity index (χ1v) is 5.83. The van der Waals surface area contributed by atoms with Gasteiger partial charge in [0.25, 0.3) is 0 Å². The number of nitrogens with two attached hydrogens (primary N) is 1. The first-order valence-electron chi connectivity index (χ1n) is 5.83. The second-order valence-electron chi connectivity index (χ2n) is 3.93. The van der Waals surface area contributed by atoms with Gasteiger partial charge in [-0.15, -0.1) is 0 Å². The van der Waals surface area contributed by atoms with Gasteiger partial charge in [-0.2, -0.15) is 0 Å². The number of rotatable bonds is 4. The highest BCUT2D eigenvalue weighted by Crippen LogP contribution is 2.30. The molecule has 1 unspecified atom stereocenters. The van der Waals surface area contributed by atoms with Crippen LogP contribution in [-0.4, -0.2) is 0 Å². The van der Waals surface area contributed by atoms with Crippen molar-refractivity contribution in [2.45, 2.75) is 32.7 Å². The van der Waals surface area contributed by atoms with Crippen LogP contribution in [0.1, 0.15) is 32.8 Å². The lowest BCUT2D eigenvalue weighted by molar-refractivity contribution is 0.517. The molecule has 1 atom stereocenters. The van der Waals surface area contributed by atoms with Crippen molar-refractivity contribution in [3.8, 4) is 0 Å². The molecule has 2 N–H and O–H groups in total. The van der Waals surface area contributed by atoms with Crippen LogP contribution in [-0.2, 0) is 5.54 Å². The largest absolute Gasteiger partial charge is 0.318 e. The maximum absolute atomic E-state index is 6.54. The Labute approximate surface area is 98.7 Å². The van der Waals surface area contributed by atoms with Gasteiger partial charge in [-0.3, -0.25) is 0 Å². The number of allylic oxidation sites excluding steroid dienone is 2. The zero-order chi connectivity index (χ0) is 12.0. The van der Waals surface area contributed by atoms with Gasteiger partial charge in [-0.25, -0.2) is 0 Å². The van der Waals surface area contributed by atoms with E-state index < -0.39 is 0 Å². The third-order valence-corrected chi connectivity index (χ3v) is 3.02. The van der Waals surface area contributed by atoms with Crippen LogP contribution in [0.3, 0.4) is 0 Å². The SMILES string of the molecule is C/C=C\C(=C/C)C(N)(CC)c1ccccc1. The summed E-state index contributed by atoms with van der Waals surface area (Å²) in [5.74, 6) is 0. The van der Waals surface area contributed by atoms with E-state index in [1.165, 1.54) is 11.1 Å². The number of hydrogen-bond acceptors (Lipinski definition) is 1. The van der Waals surface area contributed by atoms with Gasteiger partial charge in [0.05, 0.1) is 5.54 Å². The molecule has 1 heteroatoms. The summed E-state index contributed by atoms with van der Waals surface area (Å²) in [6, 6.07) is 10.3. The molecule has 1 nitrogen and oxygen atoms in total. The highest BCUT2D eigenvalue weighted by atomic mass is 14.7. The lowest BCUT2D eigenvalue weighted by atomic mass is 9.81. The molecule has 1 aromatic rings. The van der Waals surface area contributed by atoms with Gasteiger partial charge in [0.15, 0.2) is 0 Å². The minimum atomic E-state index is -0.372. The Morgan fingerprint density at radius 1 is 1.25 bits per heavy atom. The van der Waals surface area contributed by atoms with Gasteiger partial charge in [-0.1, -0.05) is 55.5 Å². The Kier molecular flexibility index (Phi) is 4.51. The summed E-state index contributed by atoms with van der Waals surface area (Å²) < 4.78 is 0. The molecule has 0 heterocycles. The molecular formula is C15H21N. The van der Waals surface area contributed by atoms with Crippen molar-refractivity contribution in [2.75, 3.05) is 0 Å². The summed E-state index contributed by atoms with van der Waals surface area (Å²) in [5.41, 5.74) is 8.51. The van der Waals surface area contributed by atoms with Crippen molar-refractivity contribution in [2.24, 2.45) is 5.73 Å². The predicted molar refractivity (Wildman–Crippen MR) is 71.2 cm³/mol. The standard InChI is InChI=1S/C15H21N/c1-4-10-13(5-2)15(16,6-3)14-11-8-7-9-12-14/h4-5,7-12H,6,16H2,1-3H3/b10-4-,13-5+. The number of hydrogen-bond donors (Lipinski definition) is 1. The molecule has 0 amide bonds. The molecule has 1 rings (SSSR count). The summed E-state index contributed by atoms with van der Waals surface area (Å²) in [4.78, 5) is 0. The molecule has 0 aromatic heterocycles. The fourth-order valence-electron chi connectivity index (χ4n) is 1.99. The van der Waals surface area contributed by atoms with E-state index >= 15 is 0 Å². The molecule has 0 aliphatic rings. The Morgan fingerprint density at radius 2 is 1.88 bits per heavy atom. The van der Waals surface area contributed by atoms with Crippen molar-refractivity contribution >= 4 is 0 Å². The van der Waals surface area contributed by atoms with Gasteiger partial charge in [0.2, 0.25) is 0 Å². The molecular weight excluding hydrogens is 194 g/mol. The lowest BCUT2D eigenvalue weighted by Crippen LogP contribution is -2.37. The van der Waals surface area contributed by atoms with Crippen LogP contribution in [0.4, 0.5) is 0 Å². The van der Waals surface area contributed by atoms with Crippen LogP contribution in [0.2, 0.25) is 0 Å². The van der Waals surface area contributed by atoms with Crippen LogP contribution in [0.25, 0.3) is 0 Å². The Morgan fingerprint density at radius 3 is 2.31 bits per heavy atom. The average molecular weight is 215 g/mol. The van der Waals surface area contributed by atoms with Crippen molar-refractivity contribution in [1.82, 2.24) is 0 Å². The first kappa shape index (κ1) is 12.7. The van der Waals surface area contributed by atoms with E-state index in [9.17, 15) is 0 Å². The molecule has 1 aromatic carbocycles. The van der Waals surface area contributed by atoms with Gasteiger partial charge >= 0.3 is 0 Å². The molecule has 0 radical (unpaired) electrons. The van der Waals surface area contributed by atoms with Crippen LogP contribution < -0.4 is 5.73 Å². The zero-order valence-corrected chi connectivity index (χ0v) is 10.4. The van der Waals surface area contributed by atoms with E-state index in [0.717, 1.165) is 6.42 Å². The summed E-state index contributed by atoms with van der Waals surface area (Å²) >= 11 is 0. The molecule has 0 aliphatic carbocycles. The van der Waals surface area contributed by atoms with Gasteiger partial charge in [0.1, 0.15) is 0 Å². The van der Waals surface area contributed by atoms with Gasteiger partial charge < -0.3 is 5.73 Å². The van der Waals surface area contributed by atoms with Gasteiger partial charge in [-0.05, 0) is 31.4 Å². The summed E-state index contributed by atoms with van der Waals surface area (Å²) in [6.07, 6.45) is 7.11. The minimum Gasteiger partial charge on any atom is -0.318 e. The molecule has 0 aliphatic heterocycles. The predicted octanol–water partition coefficient (Wildman–Crippen LogP) is 3.77. The van der Waals surface area contributed by atoms with Crippen molar-refractivity contribution in [3.63, 3.8) is 0 Å². The molecule has 0 bridgehead atoms. The zero-order valence-electron chi connectivity index (χ0n) is 10.4. The molecule has 86 valence electrons. The van der Waals surface area contributed by atoms with E-state index in [2.05, 4.69) is 31.2 Å². The van der Waals surface area contributed by atoms with Crippen LogP contribution in [0.15, 0.2) is 54.1 Å². The minimum absolute atomic E-state index is 0.372. The quantitative estimate of drug-likeness (QED) is 0.760. The fraction of sp³-hybridized carbons (Fsp3) is 0.333. The van der Waals surface area contributed by atoms with Crippen molar-refractivity contribution in [1.29, 1.82) is 0 Å².